The highest BCUT2D eigenvalue weighted by Gasteiger charge is 2.54. The largest absolute Gasteiger partial charge is 0.480 e. The summed E-state index contributed by atoms with van der Waals surface area (Å²) in [6.07, 6.45) is -0.607. The molecule has 3 N–H and O–H groups in total. The van der Waals surface area contributed by atoms with E-state index >= 15 is 0 Å². The molecule has 96 valence electrons. The summed E-state index contributed by atoms with van der Waals surface area (Å²) in [5.74, 6) is -5.66. The molecule has 0 aromatic heterocycles. The smallest absolute Gasteiger partial charge is 0.333 e. The molecular formula is C11H9IO6. The topological polar surface area (TPSA) is 112 Å². The molecule has 0 aliphatic carbocycles. The van der Waals surface area contributed by atoms with Gasteiger partial charge < -0.3 is 15.3 Å². The minimum atomic E-state index is -2.85. The molecule has 18 heavy (non-hydrogen) atoms. The minimum Gasteiger partial charge on any atom is -0.480 e. The molecule has 0 saturated heterocycles. The third-order valence-corrected chi connectivity index (χ3v) is 3.20. The van der Waals surface area contributed by atoms with Gasteiger partial charge in [0, 0.05) is 9.99 Å². The number of carboxylic acids is 3. The van der Waals surface area contributed by atoms with Gasteiger partial charge in [0.15, 0.2) is 0 Å². The van der Waals surface area contributed by atoms with Crippen LogP contribution in [0.3, 0.4) is 0 Å². The van der Waals surface area contributed by atoms with Crippen molar-refractivity contribution >= 4 is 40.5 Å². The summed E-state index contributed by atoms with van der Waals surface area (Å²) in [7, 11) is 0. The Kier molecular flexibility index (Phi) is 4.28. The summed E-state index contributed by atoms with van der Waals surface area (Å²) in [4.78, 5) is 33.0. The highest BCUT2D eigenvalue weighted by molar-refractivity contribution is 14.1. The molecule has 0 atom stereocenters. The van der Waals surface area contributed by atoms with E-state index in [1.165, 1.54) is 12.1 Å². The van der Waals surface area contributed by atoms with E-state index in [2.05, 4.69) is 0 Å². The van der Waals surface area contributed by atoms with Crippen LogP contribution in [-0.4, -0.2) is 33.2 Å². The van der Waals surface area contributed by atoms with E-state index in [4.69, 9.17) is 15.3 Å². The molecule has 0 radical (unpaired) electrons. The number of hydrogen-bond acceptors (Lipinski definition) is 3. The summed E-state index contributed by atoms with van der Waals surface area (Å²) in [6.45, 7) is 0. The van der Waals surface area contributed by atoms with E-state index in [9.17, 15) is 14.4 Å². The molecule has 0 fully saturated rings. The monoisotopic (exact) mass is 364 g/mol. The molecule has 0 heterocycles. The molecule has 0 saturated carbocycles. The van der Waals surface area contributed by atoms with Crippen LogP contribution < -0.4 is 0 Å². The van der Waals surface area contributed by atoms with Crippen molar-refractivity contribution in [3.05, 3.63) is 33.4 Å². The molecule has 0 aliphatic heterocycles. The van der Waals surface area contributed by atoms with E-state index in [0.717, 1.165) is 3.57 Å². The fourth-order valence-corrected chi connectivity index (χ4v) is 1.77. The van der Waals surface area contributed by atoms with Crippen LogP contribution in [0.25, 0.3) is 0 Å². The lowest BCUT2D eigenvalue weighted by molar-refractivity contribution is -0.175. The zero-order valence-corrected chi connectivity index (χ0v) is 11.1. The molecule has 0 aliphatic rings. The predicted molar refractivity (Wildman–Crippen MR) is 68.2 cm³/mol. The van der Waals surface area contributed by atoms with E-state index in [1.807, 2.05) is 22.6 Å². The third kappa shape index (κ3) is 2.61. The Labute approximate surface area is 115 Å². The third-order valence-electron chi connectivity index (χ3n) is 2.48. The highest BCUT2D eigenvalue weighted by Crippen LogP contribution is 2.25. The second kappa shape index (κ2) is 5.34. The molecule has 1 aromatic rings. The molecule has 0 spiro atoms. The van der Waals surface area contributed by atoms with Gasteiger partial charge in [-0.1, -0.05) is 12.1 Å². The molecule has 6 nitrogen and oxygen atoms in total. The predicted octanol–water partition coefficient (Wildman–Crippen LogP) is 1.07. The first-order valence-corrected chi connectivity index (χ1v) is 5.83. The summed E-state index contributed by atoms with van der Waals surface area (Å²) in [6, 6.07) is 6.30. The van der Waals surface area contributed by atoms with Crippen LogP contribution in [0.4, 0.5) is 0 Å². The average Bonchev–Trinajstić information content (AvgIpc) is 2.26. The molecule has 1 aromatic carbocycles. The lowest BCUT2D eigenvalue weighted by Gasteiger charge is -2.19. The van der Waals surface area contributed by atoms with Crippen LogP contribution >= 0.6 is 22.6 Å². The number of carboxylic acid groups (broad SMARTS) is 3. The Morgan fingerprint density at radius 2 is 1.33 bits per heavy atom. The van der Waals surface area contributed by atoms with Crippen molar-refractivity contribution in [2.45, 2.75) is 6.42 Å². The van der Waals surface area contributed by atoms with Gasteiger partial charge in [0.05, 0.1) is 0 Å². The molecule has 0 amide bonds. The highest BCUT2D eigenvalue weighted by atomic mass is 127. The van der Waals surface area contributed by atoms with Crippen LogP contribution in [0, 0.1) is 8.99 Å². The van der Waals surface area contributed by atoms with E-state index < -0.39 is 29.7 Å². The van der Waals surface area contributed by atoms with Gasteiger partial charge in [0.1, 0.15) is 0 Å². The average molecular weight is 364 g/mol. The van der Waals surface area contributed by atoms with Crippen LogP contribution in [0.15, 0.2) is 24.3 Å². The van der Waals surface area contributed by atoms with Crippen molar-refractivity contribution < 1.29 is 29.7 Å². The summed E-state index contributed by atoms with van der Waals surface area (Å²) >= 11 is 2.02. The maximum atomic E-state index is 11.0. The van der Waals surface area contributed by atoms with Crippen molar-refractivity contribution in [3.63, 3.8) is 0 Å². The van der Waals surface area contributed by atoms with Gasteiger partial charge in [-0.3, -0.25) is 14.4 Å². The van der Waals surface area contributed by atoms with Gasteiger partial charge in [-0.25, -0.2) is 0 Å². The molecule has 1 rings (SSSR count). The zero-order valence-electron chi connectivity index (χ0n) is 8.96. The maximum Gasteiger partial charge on any atom is 0.333 e. The Hall–Kier alpha value is -1.64. The first kappa shape index (κ1) is 14.4. The van der Waals surface area contributed by atoms with E-state index in [0.29, 0.717) is 5.56 Å². The van der Waals surface area contributed by atoms with Crippen LogP contribution in [-0.2, 0) is 20.8 Å². The fourth-order valence-electron chi connectivity index (χ4n) is 1.41. The summed E-state index contributed by atoms with van der Waals surface area (Å²) in [5.41, 5.74) is -2.52. The van der Waals surface area contributed by atoms with Crippen molar-refractivity contribution in [1.29, 1.82) is 0 Å². The summed E-state index contributed by atoms with van der Waals surface area (Å²) < 4.78 is 0.878. The zero-order chi connectivity index (χ0) is 13.9. The van der Waals surface area contributed by atoms with E-state index in [1.54, 1.807) is 12.1 Å². The van der Waals surface area contributed by atoms with E-state index in [-0.39, 0.29) is 0 Å². The van der Waals surface area contributed by atoms with Crippen molar-refractivity contribution in [2.24, 2.45) is 5.41 Å². The van der Waals surface area contributed by atoms with Crippen molar-refractivity contribution in [3.8, 4) is 0 Å². The number of aliphatic carboxylic acids is 3. The van der Waals surface area contributed by atoms with Gasteiger partial charge in [0.25, 0.3) is 5.41 Å². The number of rotatable bonds is 5. The molecule has 0 bridgehead atoms. The Morgan fingerprint density at radius 3 is 1.67 bits per heavy atom. The number of halogens is 1. The Morgan fingerprint density at radius 1 is 0.944 bits per heavy atom. The molecule has 0 unspecified atom stereocenters. The first-order chi connectivity index (χ1) is 8.30. The Balaban J connectivity index is 3.21. The second-order valence-corrected chi connectivity index (χ2v) is 4.87. The number of hydrogen-bond donors (Lipinski definition) is 3. The van der Waals surface area contributed by atoms with Crippen LogP contribution in [0.2, 0.25) is 0 Å². The molecule has 7 heteroatoms. The standard InChI is InChI=1S/C11H9IO6/c12-7-3-1-6(2-4-7)5-11(8(13)14,9(15)16)10(17)18/h1-4H,5H2,(H,13,14)(H,15,16)(H,17,18). The SMILES string of the molecule is O=C(O)C(Cc1ccc(I)cc1)(C(=O)O)C(=O)O. The fraction of sp³-hybridized carbons (Fsp3) is 0.182. The first-order valence-electron chi connectivity index (χ1n) is 4.75. The van der Waals surface area contributed by atoms with Crippen molar-refractivity contribution in [1.82, 2.24) is 0 Å². The van der Waals surface area contributed by atoms with Crippen molar-refractivity contribution in [2.75, 3.05) is 0 Å². The van der Waals surface area contributed by atoms with Crippen LogP contribution in [0.1, 0.15) is 5.56 Å². The molecular weight excluding hydrogens is 355 g/mol. The number of carbonyl (C=O) groups is 3. The van der Waals surface area contributed by atoms with Gasteiger partial charge in [-0.15, -0.1) is 0 Å². The second-order valence-electron chi connectivity index (χ2n) is 3.62. The van der Waals surface area contributed by atoms with Gasteiger partial charge >= 0.3 is 17.9 Å². The lowest BCUT2D eigenvalue weighted by atomic mass is 9.81. The lowest BCUT2D eigenvalue weighted by Crippen LogP contribution is -2.48. The quantitative estimate of drug-likeness (QED) is 0.533. The minimum absolute atomic E-state index is 0.336. The number of benzene rings is 1. The van der Waals surface area contributed by atoms with Gasteiger partial charge in [-0.2, -0.15) is 0 Å². The van der Waals surface area contributed by atoms with Gasteiger partial charge in [-0.05, 0) is 40.3 Å². The Bertz CT molecular complexity index is 457. The maximum absolute atomic E-state index is 11.0. The van der Waals surface area contributed by atoms with Crippen LogP contribution in [0.5, 0.6) is 0 Å². The van der Waals surface area contributed by atoms with Gasteiger partial charge in [0.2, 0.25) is 0 Å². The normalized spacial score (nSPS) is 10.9. The summed E-state index contributed by atoms with van der Waals surface area (Å²) in [5, 5.41) is 26.8.